The Morgan fingerprint density at radius 1 is 1.13 bits per heavy atom. The number of carboxylic acids is 1. The highest BCUT2D eigenvalue weighted by atomic mass is 79.9. The molecule has 5 heteroatoms. The van der Waals surface area contributed by atoms with Gasteiger partial charge in [0.15, 0.2) is 0 Å². The van der Waals surface area contributed by atoms with E-state index in [1.54, 1.807) is 6.07 Å². The molecule has 0 saturated carbocycles. The van der Waals surface area contributed by atoms with Crippen LogP contribution in [0.15, 0.2) is 53.0 Å². The minimum atomic E-state index is -1.02. The molecular weight excluding hydrogens is 363 g/mol. The molecule has 1 N–H and O–H groups in total. The van der Waals surface area contributed by atoms with Crippen LogP contribution in [0.1, 0.15) is 17.5 Å². The highest BCUT2D eigenvalue weighted by molar-refractivity contribution is 9.10. The van der Waals surface area contributed by atoms with Crippen LogP contribution >= 0.6 is 15.9 Å². The van der Waals surface area contributed by atoms with Crippen molar-refractivity contribution in [1.29, 1.82) is 0 Å². The van der Waals surface area contributed by atoms with E-state index in [1.807, 2.05) is 30.3 Å². The molecule has 0 aliphatic heterocycles. The van der Waals surface area contributed by atoms with Crippen LogP contribution in [0, 0.1) is 11.7 Å². The summed E-state index contributed by atoms with van der Waals surface area (Å²) in [6, 6.07) is 13.6. The van der Waals surface area contributed by atoms with Gasteiger partial charge in [0.25, 0.3) is 0 Å². The van der Waals surface area contributed by atoms with Crippen molar-refractivity contribution in [2.45, 2.75) is 19.3 Å². The molecule has 0 aliphatic rings. The summed E-state index contributed by atoms with van der Waals surface area (Å²) in [6.45, 7) is 0. The van der Waals surface area contributed by atoms with E-state index < -0.39 is 17.7 Å². The second-order valence-corrected chi connectivity index (χ2v) is 6.30. The van der Waals surface area contributed by atoms with Gasteiger partial charge >= 0.3 is 5.97 Å². The lowest BCUT2D eigenvalue weighted by molar-refractivity contribution is -0.143. The molecule has 120 valence electrons. The van der Waals surface area contributed by atoms with Crippen LogP contribution in [0.2, 0.25) is 0 Å². The van der Waals surface area contributed by atoms with Gasteiger partial charge in [0.05, 0.1) is 5.92 Å². The maximum atomic E-state index is 13.8. The standard InChI is InChI=1S/C18H16BrFO3/c19-15-7-6-13(17(20)11-15)9-16(21)10-14(18(22)23)8-12-4-2-1-3-5-12/h1-7,11,14H,8-10H2,(H,22,23)/t14-/m0/s1. The number of ketones is 1. The summed E-state index contributed by atoms with van der Waals surface area (Å²) < 4.78 is 14.4. The van der Waals surface area contributed by atoms with Crippen molar-refractivity contribution in [3.63, 3.8) is 0 Å². The van der Waals surface area contributed by atoms with Gasteiger partial charge in [-0.15, -0.1) is 0 Å². The number of carbonyl (C=O) groups excluding carboxylic acids is 1. The first-order valence-electron chi connectivity index (χ1n) is 7.18. The molecule has 0 unspecified atom stereocenters. The Morgan fingerprint density at radius 3 is 2.43 bits per heavy atom. The Labute approximate surface area is 142 Å². The molecule has 0 aliphatic carbocycles. The Morgan fingerprint density at radius 2 is 1.83 bits per heavy atom. The van der Waals surface area contributed by atoms with Gasteiger partial charge < -0.3 is 5.11 Å². The number of carbonyl (C=O) groups is 2. The summed E-state index contributed by atoms with van der Waals surface area (Å²) in [6.07, 6.45) is 0.0716. The van der Waals surface area contributed by atoms with E-state index in [4.69, 9.17) is 0 Å². The van der Waals surface area contributed by atoms with E-state index in [-0.39, 0.29) is 30.6 Å². The Balaban J connectivity index is 2.02. The molecule has 2 rings (SSSR count). The molecule has 1 atom stereocenters. The van der Waals surface area contributed by atoms with Crippen LogP contribution in [-0.4, -0.2) is 16.9 Å². The zero-order valence-corrected chi connectivity index (χ0v) is 13.9. The predicted molar refractivity (Wildman–Crippen MR) is 88.7 cm³/mol. The van der Waals surface area contributed by atoms with Gasteiger partial charge in [-0.3, -0.25) is 9.59 Å². The van der Waals surface area contributed by atoms with Crippen molar-refractivity contribution in [3.05, 3.63) is 69.9 Å². The van der Waals surface area contributed by atoms with Crippen molar-refractivity contribution in [2.75, 3.05) is 0 Å². The first-order valence-corrected chi connectivity index (χ1v) is 7.97. The molecule has 3 nitrogen and oxygen atoms in total. The molecule has 0 heterocycles. The monoisotopic (exact) mass is 378 g/mol. The van der Waals surface area contributed by atoms with Crippen molar-refractivity contribution >= 4 is 27.7 Å². The maximum absolute atomic E-state index is 13.8. The highest BCUT2D eigenvalue weighted by Crippen LogP contribution is 2.18. The van der Waals surface area contributed by atoms with E-state index in [0.717, 1.165) is 5.56 Å². The number of hydrogen-bond acceptors (Lipinski definition) is 2. The van der Waals surface area contributed by atoms with Gasteiger partial charge in [0.1, 0.15) is 11.6 Å². The van der Waals surface area contributed by atoms with Gasteiger partial charge in [-0.05, 0) is 29.7 Å². The third kappa shape index (κ3) is 5.28. The van der Waals surface area contributed by atoms with Crippen molar-refractivity contribution in [2.24, 2.45) is 5.92 Å². The SMILES string of the molecule is O=C(Cc1ccc(Br)cc1F)C[C@H](Cc1ccccc1)C(=O)O. The number of carboxylic acid groups (broad SMARTS) is 1. The largest absolute Gasteiger partial charge is 0.481 e. The molecule has 23 heavy (non-hydrogen) atoms. The molecule has 0 spiro atoms. The van der Waals surface area contributed by atoms with Crippen LogP contribution in [-0.2, 0) is 22.4 Å². The fourth-order valence-corrected chi connectivity index (χ4v) is 2.70. The van der Waals surface area contributed by atoms with E-state index >= 15 is 0 Å². The molecule has 0 radical (unpaired) electrons. The molecule has 0 bridgehead atoms. The van der Waals surface area contributed by atoms with Crippen LogP contribution in [0.25, 0.3) is 0 Å². The fourth-order valence-electron chi connectivity index (χ4n) is 2.37. The summed E-state index contributed by atoms with van der Waals surface area (Å²) in [5.41, 5.74) is 1.14. The Bertz CT molecular complexity index is 701. The van der Waals surface area contributed by atoms with Gasteiger partial charge in [-0.25, -0.2) is 4.39 Å². The molecule has 0 saturated heterocycles. The Kier molecular flexibility index (Phi) is 6.04. The van der Waals surface area contributed by atoms with E-state index in [2.05, 4.69) is 15.9 Å². The summed E-state index contributed by atoms with van der Waals surface area (Å²) in [7, 11) is 0. The first-order chi connectivity index (χ1) is 11.0. The third-order valence-corrected chi connectivity index (χ3v) is 4.04. The van der Waals surface area contributed by atoms with Crippen LogP contribution in [0.3, 0.4) is 0 Å². The second kappa shape index (κ2) is 8.02. The number of halogens is 2. The summed E-state index contributed by atoms with van der Waals surface area (Å²) >= 11 is 3.16. The number of rotatable bonds is 7. The summed E-state index contributed by atoms with van der Waals surface area (Å²) in [4.78, 5) is 23.5. The predicted octanol–water partition coefficient (Wildman–Crippen LogP) is 4.03. The average molecular weight is 379 g/mol. The van der Waals surface area contributed by atoms with Crippen molar-refractivity contribution in [3.8, 4) is 0 Å². The van der Waals surface area contributed by atoms with E-state index in [1.165, 1.54) is 12.1 Å². The maximum Gasteiger partial charge on any atom is 0.307 e. The molecular formula is C18H16BrFO3. The normalized spacial score (nSPS) is 11.9. The minimum Gasteiger partial charge on any atom is -0.481 e. The summed E-state index contributed by atoms with van der Waals surface area (Å²) in [5.74, 6) is -2.57. The van der Waals surface area contributed by atoms with Crippen LogP contribution in [0.5, 0.6) is 0 Å². The van der Waals surface area contributed by atoms with E-state index in [0.29, 0.717) is 4.47 Å². The number of hydrogen-bond donors (Lipinski definition) is 1. The number of benzene rings is 2. The average Bonchev–Trinajstić information content (AvgIpc) is 2.50. The number of Topliss-reactive ketones (excluding diaryl/α,β-unsaturated/α-hetero) is 1. The smallest absolute Gasteiger partial charge is 0.307 e. The van der Waals surface area contributed by atoms with E-state index in [9.17, 15) is 19.1 Å². The lowest BCUT2D eigenvalue weighted by Gasteiger charge is -2.12. The van der Waals surface area contributed by atoms with Crippen LogP contribution < -0.4 is 0 Å². The minimum absolute atomic E-state index is 0.0995. The van der Waals surface area contributed by atoms with Gasteiger partial charge in [0.2, 0.25) is 0 Å². The lowest BCUT2D eigenvalue weighted by Crippen LogP contribution is -2.21. The molecule has 0 amide bonds. The lowest BCUT2D eigenvalue weighted by atomic mass is 9.92. The topological polar surface area (TPSA) is 54.4 Å². The van der Waals surface area contributed by atoms with Gasteiger partial charge in [-0.2, -0.15) is 0 Å². The van der Waals surface area contributed by atoms with Crippen molar-refractivity contribution in [1.82, 2.24) is 0 Å². The third-order valence-electron chi connectivity index (χ3n) is 3.55. The summed E-state index contributed by atoms with van der Waals surface area (Å²) in [5, 5.41) is 9.31. The zero-order chi connectivity index (χ0) is 16.8. The van der Waals surface area contributed by atoms with Gasteiger partial charge in [0, 0.05) is 17.3 Å². The molecule has 2 aromatic rings. The number of aliphatic carboxylic acids is 1. The molecule has 2 aromatic carbocycles. The first kappa shape index (κ1) is 17.3. The highest BCUT2D eigenvalue weighted by Gasteiger charge is 2.22. The van der Waals surface area contributed by atoms with Gasteiger partial charge in [-0.1, -0.05) is 52.3 Å². The quantitative estimate of drug-likeness (QED) is 0.790. The zero-order valence-electron chi connectivity index (χ0n) is 12.3. The second-order valence-electron chi connectivity index (χ2n) is 5.38. The molecule has 0 aromatic heterocycles. The van der Waals surface area contributed by atoms with Crippen molar-refractivity contribution < 1.29 is 19.1 Å². The molecule has 0 fully saturated rings. The van der Waals surface area contributed by atoms with Crippen LogP contribution in [0.4, 0.5) is 4.39 Å². The Hall–Kier alpha value is -2.01. The fraction of sp³-hybridized carbons (Fsp3) is 0.222.